The lowest BCUT2D eigenvalue weighted by atomic mass is 9.84. The summed E-state index contributed by atoms with van der Waals surface area (Å²) in [6.07, 6.45) is 5.88. The van der Waals surface area contributed by atoms with Crippen molar-refractivity contribution in [2.24, 2.45) is 5.92 Å². The molecule has 0 saturated carbocycles. The topological polar surface area (TPSA) is 18.5 Å². The summed E-state index contributed by atoms with van der Waals surface area (Å²) in [5.41, 5.74) is 1.26. The molecule has 96 valence electrons. The second kappa shape index (κ2) is 4.43. The molecular formula is C16H20O2. The number of rotatable bonds is 1. The van der Waals surface area contributed by atoms with Crippen LogP contribution in [-0.4, -0.2) is 5.79 Å². The van der Waals surface area contributed by atoms with Gasteiger partial charge in [0.05, 0.1) is 6.10 Å². The van der Waals surface area contributed by atoms with Crippen molar-refractivity contribution >= 4 is 0 Å². The van der Waals surface area contributed by atoms with Gasteiger partial charge in [-0.05, 0) is 30.9 Å². The SMILES string of the molecule is CC1(C)OC2=CCCCC2C(c2ccccc2)O1. The fourth-order valence-corrected chi connectivity index (χ4v) is 2.93. The summed E-state index contributed by atoms with van der Waals surface area (Å²) in [4.78, 5) is 0. The van der Waals surface area contributed by atoms with E-state index in [1.807, 2.05) is 19.9 Å². The van der Waals surface area contributed by atoms with E-state index in [1.165, 1.54) is 12.0 Å². The largest absolute Gasteiger partial charge is 0.467 e. The molecule has 1 aliphatic carbocycles. The fourth-order valence-electron chi connectivity index (χ4n) is 2.93. The fraction of sp³-hybridized carbons (Fsp3) is 0.500. The lowest BCUT2D eigenvalue weighted by Crippen LogP contribution is -2.40. The van der Waals surface area contributed by atoms with Gasteiger partial charge in [-0.15, -0.1) is 0 Å². The smallest absolute Gasteiger partial charge is 0.205 e. The highest BCUT2D eigenvalue weighted by molar-refractivity contribution is 5.23. The van der Waals surface area contributed by atoms with Gasteiger partial charge in [0, 0.05) is 19.8 Å². The van der Waals surface area contributed by atoms with Crippen LogP contribution in [0.4, 0.5) is 0 Å². The minimum Gasteiger partial charge on any atom is -0.467 e. The van der Waals surface area contributed by atoms with Gasteiger partial charge in [-0.25, -0.2) is 0 Å². The van der Waals surface area contributed by atoms with Gasteiger partial charge in [0.2, 0.25) is 5.79 Å². The summed E-state index contributed by atoms with van der Waals surface area (Å²) in [5.74, 6) is 0.987. The average molecular weight is 244 g/mol. The Morgan fingerprint density at radius 3 is 2.72 bits per heavy atom. The van der Waals surface area contributed by atoms with Crippen LogP contribution < -0.4 is 0 Å². The van der Waals surface area contributed by atoms with E-state index < -0.39 is 5.79 Å². The molecule has 0 bridgehead atoms. The molecule has 2 heteroatoms. The molecule has 1 aliphatic heterocycles. The third-order valence-corrected chi connectivity index (χ3v) is 3.70. The van der Waals surface area contributed by atoms with Gasteiger partial charge in [-0.1, -0.05) is 30.3 Å². The van der Waals surface area contributed by atoms with Crippen molar-refractivity contribution in [3.8, 4) is 0 Å². The molecule has 2 atom stereocenters. The van der Waals surface area contributed by atoms with Gasteiger partial charge >= 0.3 is 0 Å². The summed E-state index contributed by atoms with van der Waals surface area (Å²) in [6, 6.07) is 10.5. The van der Waals surface area contributed by atoms with Crippen LogP contribution in [-0.2, 0) is 9.47 Å². The minimum atomic E-state index is -0.528. The Morgan fingerprint density at radius 1 is 1.17 bits per heavy atom. The molecular weight excluding hydrogens is 224 g/mol. The van der Waals surface area contributed by atoms with Gasteiger partial charge in [-0.3, -0.25) is 0 Å². The lowest BCUT2D eigenvalue weighted by molar-refractivity contribution is -0.269. The van der Waals surface area contributed by atoms with E-state index in [-0.39, 0.29) is 6.10 Å². The van der Waals surface area contributed by atoms with E-state index in [4.69, 9.17) is 9.47 Å². The first kappa shape index (κ1) is 11.8. The first-order valence-electron chi connectivity index (χ1n) is 6.77. The zero-order chi connectivity index (χ0) is 12.6. The van der Waals surface area contributed by atoms with E-state index in [0.717, 1.165) is 18.6 Å². The minimum absolute atomic E-state index is 0.126. The van der Waals surface area contributed by atoms with E-state index in [0.29, 0.717) is 5.92 Å². The molecule has 1 fully saturated rings. The molecule has 2 nitrogen and oxygen atoms in total. The predicted octanol–water partition coefficient (Wildman–Crippen LogP) is 4.19. The molecule has 1 aromatic rings. The third-order valence-electron chi connectivity index (χ3n) is 3.70. The van der Waals surface area contributed by atoms with E-state index in [1.54, 1.807) is 0 Å². The van der Waals surface area contributed by atoms with E-state index >= 15 is 0 Å². The molecule has 2 aliphatic rings. The maximum atomic E-state index is 6.17. The zero-order valence-electron chi connectivity index (χ0n) is 11.1. The van der Waals surface area contributed by atoms with Crippen LogP contribution in [0.15, 0.2) is 42.2 Å². The molecule has 2 unspecified atom stereocenters. The van der Waals surface area contributed by atoms with Crippen LogP contribution in [0, 0.1) is 5.92 Å². The second-order valence-electron chi connectivity index (χ2n) is 5.59. The van der Waals surface area contributed by atoms with E-state index in [2.05, 4.69) is 30.3 Å². The van der Waals surface area contributed by atoms with E-state index in [9.17, 15) is 0 Å². The van der Waals surface area contributed by atoms with Crippen LogP contribution in [0.25, 0.3) is 0 Å². The molecule has 0 N–H and O–H groups in total. The zero-order valence-corrected chi connectivity index (χ0v) is 11.1. The highest BCUT2D eigenvalue weighted by Crippen LogP contribution is 2.46. The van der Waals surface area contributed by atoms with Gasteiger partial charge in [0.1, 0.15) is 5.76 Å². The third kappa shape index (κ3) is 2.17. The van der Waals surface area contributed by atoms with Gasteiger partial charge in [-0.2, -0.15) is 0 Å². The Hall–Kier alpha value is -1.28. The number of hydrogen-bond donors (Lipinski definition) is 0. The van der Waals surface area contributed by atoms with Crippen molar-refractivity contribution in [3.63, 3.8) is 0 Å². The molecule has 1 aromatic carbocycles. The predicted molar refractivity (Wildman–Crippen MR) is 70.9 cm³/mol. The average Bonchev–Trinajstić information content (AvgIpc) is 2.38. The van der Waals surface area contributed by atoms with Crippen LogP contribution in [0.2, 0.25) is 0 Å². The van der Waals surface area contributed by atoms with Crippen molar-refractivity contribution in [2.75, 3.05) is 0 Å². The maximum absolute atomic E-state index is 6.17. The van der Waals surface area contributed by atoms with Crippen molar-refractivity contribution in [1.82, 2.24) is 0 Å². The number of allylic oxidation sites excluding steroid dienone is 1. The number of fused-ring (bicyclic) bond motifs is 1. The second-order valence-corrected chi connectivity index (χ2v) is 5.59. The molecule has 0 radical (unpaired) electrons. The molecule has 1 saturated heterocycles. The Morgan fingerprint density at radius 2 is 1.94 bits per heavy atom. The standard InChI is InChI=1S/C16H20O2/c1-16(2)17-14-11-7-6-10-13(14)15(18-16)12-8-4-3-5-9-12/h3-5,8-9,11,13,15H,6-7,10H2,1-2H3. The molecule has 18 heavy (non-hydrogen) atoms. The first-order valence-corrected chi connectivity index (χ1v) is 6.77. The van der Waals surface area contributed by atoms with Gasteiger partial charge in [0.25, 0.3) is 0 Å². The molecule has 0 spiro atoms. The van der Waals surface area contributed by atoms with Gasteiger partial charge < -0.3 is 9.47 Å². The van der Waals surface area contributed by atoms with Crippen LogP contribution in [0.5, 0.6) is 0 Å². The van der Waals surface area contributed by atoms with Gasteiger partial charge in [0.15, 0.2) is 0 Å². The Balaban J connectivity index is 1.96. The number of hydrogen-bond acceptors (Lipinski definition) is 2. The van der Waals surface area contributed by atoms with Crippen LogP contribution >= 0.6 is 0 Å². The summed E-state index contributed by atoms with van der Waals surface area (Å²) in [5, 5.41) is 0. The van der Waals surface area contributed by atoms with Crippen LogP contribution in [0.1, 0.15) is 44.8 Å². The summed E-state index contributed by atoms with van der Waals surface area (Å²) in [7, 11) is 0. The highest BCUT2D eigenvalue weighted by Gasteiger charge is 2.41. The Kier molecular flexibility index (Phi) is 2.90. The normalized spacial score (nSPS) is 30.0. The molecule has 1 heterocycles. The van der Waals surface area contributed by atoms with Crippen molar-refractivity contribution < 1.29 is 9.47 Å². The van der Waals surface area contributed by atoms with Crippen molar-refractivity contribution in [3.05, 3.63) is 47.7 Å². The summed E-state index contributed by atoms with van der Waals surface area (Å²) >= 11 is 0. The van der Waals surface area contributed by atoms with Crippen molar-refractivity contribution in [2.45, 2.75) is 45.0 Å². The molecule has 0 aromatic heterocycles. The highest BCUT2D eigenvalue weighted by atomic mass is 16.7. The van der Waals surface area contributed by atoms with Crippen LogP contribution in [0.3, 0.4) is 0 Å². The maximum Gasteiger partial charge on any atom is 0.205 e. The number of ether oxygens (including phenoxy) is 2. The summed E-state index contributed by atoms with van der Waals surface area (Å²) < 4.78 is 12.1. The monoisotopic (exact) mass is 244 g/mol. The first-order chi connectivity index (χ1) is 8.66. The quantitative estimate of drug-likeness (QED) is 0.737. The molecule has 0 amide bonds. The summed E-state index contributed by atoms with van der Waals surface area (Å²) in [6.45, 7) is 3.99. The Labute approximate surface area is 109 Å². The Bertz CT molecular complexity index is 447. The molecule has 3 rings (SSSR count). The van der Waals surface area contributed by atoms with Crippen molar-refractivity contribution in [1.29, 1.82) is 0 Å². The lowest BCUT2D eigenvalue weighted by Gasteiger charge is -2.44. The number of benzene rings is 1.